The predicted octanol–water partition coefficient (Wildman–Crippen LogP) is 11.5. The van der Waals surface area contributed by atoms with E-state index >= 15 is 0 Å². The third kappa shape index (κ3) is 3.30. The molecule has 8 aromatic carbocycles. The Labute approximate surface area is 251 Å². The SMILES string of the molecule is [2H]c1c([2H])c([2H])c(-c2cc(-c3ccc4ccc5c(-c6c([2H])c([2H])c([2H])c([2H])c6[2H])ccc6ccc3c4c65)c3c(c2)oc2ccccc23)c([2H])c1[2H]. The van der Waals surface area contributed by atoms with Crippen molar-refractivity contribution in [2.75, 3.05) is 0 Å². The normalized spacial score (nSPS) is 15.3. The van der Waals surface area contributed by atoms with Crippen LogP contribution in [0.5, 0.6) is 0 Å². The second-order valence-corrected chi connectivity index (χ2v) is 10.1. The summed E-state index contributed by atoms with van der Waals surface area (Å²) in [4.78, 5) is 0. The Morgan fingerprint density at radius 3 is 1.76 bits per heavy atom. The monoisotopic (exact) mass is 530 g/mol. The summed E-state index contributed by atoms with van der Waals surface area (Å²) in [6.07, 6.45) is 0. The van der Waals surface area contributed by atoms with Gasteiger partial charge >= 0.3 is 0 Å². The maximum absolute atomic E-state index is 8.73. The van der Waals surface area contributed by atoms with Crippen LogP contribution in [0.15, 0.2) is 150 Å². The number of hydrogen-bond acceptors (Lipinski definition) is 1. The molecule has 1 aromatic heterocycles. The lowest BCUT2D eigenvalue weighted by atomic mass is 9.86. The smallest absolute Gasteiger partial charge is 0.136 e. The van der Waals surface area contributed by atoms with Crippen LogP contribution in [0.4, 0.5) is 0 Å². The lowest BCUT2D eigenvalue weighted by molar-refractivity contribution is 0.669. The highest BCUT2D eigenvalue weighted by Gasteiger charge is 2.19. The summed E-state index contributed by atoms with van der Waals surface area (Å²) in [5, 5.41) is 6.97. The van der Waals surface area contributed by atoms with Crippen molar-refractivity contribution in [3.63, 3.8) is 0 Å². The summed E-state index contributed by atoms with van der Waals surface area (Å²) < 4.78 is 90.7. The molecule has 0 bridgehead atoms. The fraction of sp³-hybridized carbons (Fsp3) is 0. The number of fused-ring (bicyclic) bond motifs is 3. The van der Waals surface area contributed by atoms with Crippen LogP contribution in [-0.4, -0.2) is 0 Å². The average molecular weight is 531 g/mol. The Bertz CT molecular complexity index is 2920. The second-order valence-electron chi connectivity index (χ2n) is 10.1. The maximum atomic E-state index is 8.73. The molecule has 0 fully saturated rings. The first kappa shape index (κ1) is 14.8. The van der Waals surface area contributed by atoms with Crippen LogP contribution >= 0.6 is 0 Å². The van der Waals surface area contributed by atoms with Crippen LogP contribution in [0, 0.1) is 0 Å². The summed E-state index contributed by atoms with van der Waals surface area (Å²) in [5.74, 6) is 0. The number of hydrogen-bond donors (Lipinski definition) is 0. The zero-order valence-corrected chi connectivity index (χ0v) is 21.5. The van der Waals surface area contributed by atoms with Crippen LogP contribution < -0.4 is 0 Å². The van der Waals surface area contributed by atoms with E-state index in [0.717, 1.165) is 54.2 Å². The van der Waals surface area contributed by atoms with E-state index in [1.807, 2.05) is 72.8 Å². The Hall–Kier alpha value is -5.40. The molecule has 0 saturated carbocycles. The molecular formula is C40H24O. The van der Waals surface area contributed by atoms with E-state index in [0.29, 0.717) is 22.3 Å². The third-order valence-electron chi connectivity index (χ3n) is 7.99. The van der Waals surface area contributed by atoms with Gasteiger partial charge in [0.25, 0.3) is 0 Å². The van der Waals surface area contributed by atoms with Crippen molar-refractivity contribution in [2.45, 2.75) is 0 Å². The zero-order valence-electron chi connectivity index (χ0n) is 31.5. The van der Waals surface area contributed by atoms with Gasteiger partial charge in [-0.2, -0.15) is 0 Å². The molecule has 1 heteroatoms. The quantitative estimate of drug-likeness (QED) is 0.207. The molecule has 190 valence electrons. The Morgan fingerprint density at radius 1 is 0.415 bits per heavy atom. The fourth-order valence-electron chi connectivity index (χ4n) is 6.24. The van der Waals surface area contributed by atoms with Gasteiger partial charge in [0.1, 0.15) is 11.2 Å². The number of para-hydroxylation sites is 1. The summed E-state index contributed by atoms with van der Waals surface area (Å²) >= 11 is 0. The van der Waals surface area contributed by atoms with Crippen LogP contribution in [0.3, 0.4) is 0 Å². The molecule has 0 N–H and O–H groups in total. The Morgan fingerprint density at radius 2 is 1.02 bits per heavy atom. The molecule has 9 rings (SSSR count). The standard InChI is InChI=1S/C40H24O/c1-3-9-25(10-4-1)29-23-35(40-34-13-7-8-14-36(34)41-37(40)24-29)31-20-16-28-17-21-32-30(26-11-5-2-6-12-26)19-15-27-18-22-33(31)39(28)38(27)32/h1-24H/i1D,2D,3D,4D,5D,6D,9D,10D,11D,12D. The first-order valence-electron chi connectivity index (χ1n) is 18.3. The molecule has 0 saturated heterocycles. The van der Waals surface area contributed by atoms with E-state index in [-0.39, 0.29) is 35.3 Å². The molecule has 0 atom stereocenters. The van der Waals surface area contributed by atoms with Crippen LogP contribution in [-0.2, 0) is 0 Å². The third-order valence-corrected chi connectivity index (χ3v) is 7.99. The number of benzene rings is 8. The summed E-state index contributed by atoms with van der Waals surface area (Å²) in [6, 6.07) is 23.2. The van der Waals surface area contributed by atoms with Gasteiger partial charge in [0, 0.05) is 10.8 Å². The molecule has 1 heterocycles. The lowest BCUT2D eigenvalue weighted by Crippen LogP contribution is -1.90. The highest BCUT2D eigenvalue weighted by molar-refractivity contribution is 6.28. The van der Waals surface area contributed by atoms with Crippen molar-refractivity contribution in [1.82, 2.24) is 0 Å². The maximum Gasteiger partial charge on any atom is 0.136 e. The zero-order chi connectivity index (χ0) is 35.6. The Kier molecular flexibility index (Phi) is 3.09. The van der Waals surface area contributed by atoms with Crippen LogP contribution in [0.1, 0.15) is 13.7 Å². The minimum Gasteiger partial charge on any atom is -0.456 e. The van der Waals surface area contributed by atoms with E-state index in [9.17, 15) is 0 Å². The van der Waals surface area contributed by atoms with E-state index in [1.54, 1.807) is 12.1 Å². The molecule has 0 aliphatic carbocycles. The molecule has 0 spiro atoms. The largest absolute Gasteiger partial charge is 0.456 e. The fourth-order valence-corrected chi connectivity index (χ4v) is 6.24. The van der Waals surface area contributed by atoms with Crippen molar-refractivity contribution in [2.24, 2.45) is 0 Å². The molecule has 0 aliphatic heterocycles. The van der Waals surface area contributed by atoms with E-state index < -0.39 is 36.3 Å². The molecule has 41 heavy (non-hydrogen) atoms. The topological polar surface area (TPSA) is 13.1 Å². The van der Waals surface area contributed by atoms with Crippen molar-refractivity contribution in [3.8, 4) is 33.4 Å². The first-order valence-corrected chi connectivity index (χ1v) is 13.3. The highest BCUT2D eigenvalue weighted by Crippen LogP contribution is 2.46. The molecular weight excluding hydrogens is 496 g/mol. The van der Waals surface area contributed by atoms with Gasteiger partial charge in [-0.05, 0) is 83.9 Å². The van der Waals surface area contributed by atoms with Crippen LogP contribution in [0.2, 0.25) is 0 Å². The second kappa shape index (κ2) is 8.55. The molecule has 0 unspecified atom stereocenters. The first-order chi connectivity index (χ1) is 24.5. The number of rotatable bonds is 3. The lowest BCUT2D eigenvalue weighted by Gasteiger charge is -2.17. The summed E-state index contributed by atoms with van der Waals surface area (Å²) in [6.45, 7) is 0. The van der Waals surface area contributed by atoms with Gasteiger partial charge in [-0.3, -0.25) is 0 Å². The highest BCUT2D eigenvalue weighted by atomic mass is 16.3. The van der Waals surface area contributed by atoms with Gasteiger partial charge in [-0.25, -0.2) is 0 Å². The minimum absolute atomic E-state index is 0.0746. The minimum atomic E-state index is -0.464. The van der Waals surface area contributed by atoms with Gasteiger partial charge in [0.2, 0.25) is 0 Å². The van der Waals surface area contributed by atoms with Crippen molar-refractivity contribution in [1.29, 1.82) is 0 Å². The molecule has 1 nitrogen and oxygen atoms in total. The van der Waals surface area contributed by atoms with Crippen molar-refractivity contribution >= 4 is 54.3 Å². The van der Waals surface area contributed by atoms with Gasteiger partial charge in [0.05, 0.1) is 13.7 Å². The van der Waals surface area contributed by atoms with E-state index in [2.05, 4.69) is 0 Å². The molecule has 0 amide bonds. The predicted molar refractivity (Wildman–Crippen MR) is 174 cm³/mol. The van der Waals surface area contributed by atoms with Gasteiger partial charge in [-0.1, -0.05) is 127 Å². The molecule has 0 aliphatic rings. The summed E-state index contributed by atoms with van der Waals surface area (Å²) in [7, 11) is 0. The van der Waals surface area contributed by atoms with Gasteiger partial charge in [-0.15, -0.1) is 0 Å². The van der Waals surface area contributed by atoms with Crippen LogP contribution in [0.25, 0.3) is 87.6 Å². The number of furan rings is 1. The van der Waals surface area contributed by atoms with Crippen molar-refractivity contribution < 1.29 is 18.1 Å². The molecule has 9 aromatic rings. The average Bonchev–Trinajstić information content (AvgIpc) is 3.52. The molecule has 0 radical (unpaired) electrons. The van der Waals surface area contributed by atoms with E-state index in [4.69, 9.17) is 18.1 Å². The summed E-state index contributed by atoms with van der Waals surface area (Å²) in [5.41, 5.74) is 3.90. The van der Waals surface area contributed by atoms with Gasteiger partial charge < -0.3 is 4.42 Å². The van der Waals surface area contributed by atoms with E-state index in [1.165, 1.54) is 0 Å². The van der Waals surface area contributed by atoms with Crippen molar-refractivity contribution in [3.05, 3.63) is 145 Å². The Balaban J connectivity index is 1.40. The van der Waals surface area contributed by atoms with Gasteiger partial charge in [0.15, 0.2) is 0 Å².